The molecule has 2 rings (SSSR count). The number of hydrogen-bond donors (Lipinski definition) is 1. The van der Waals surface area contributed by atoms with E-state index in [-0.39, 0.29) is 5.91 Å². The first-order valence-electron chi connectivity index (χ1n) is 8.11. The van der Waals surface area contributed by atoms with Gasteiger partial charge in [0.15, 0.2) is 0 Å². The van der Waals surface area contributed by atoms with Gasteiger partial charge in [0.1, 0.15) is 0 Å². The number of amides is 1. The molecular formula is C18H25BrN2O2. The molecule has 0 aromatic heterocycles. The Hall–Kier alpha value is -1.17. The highest BCUT2D eigenvalue weighted by Gasteiger charge is 2.11. The largest absolute Gasteiger partial charge is 0.379 e. The highest BCUT2D eigenvalue weighted by molar-refractivity contribution is 9.10. The number of halogens is 1. The van der Waals surface area contributed by atoms with E-state index in [2.05, 4.69) is 40.0 Å². The first-order valence-corrected chi connectivity index (χ1v) is 8.91. The monoisotopic (exact) mass is 380 g/mol. The van der Waals surface area contributed by atoms with Crippen LogP contribution < -0.4 is 5.32 Å². The zero-order valence-electron chi connectivity index (χ0n) is 13.8. The Labute approximate surface area is 147 Å². The maximum Gasteiger partial charge on any atom is 0.244 e. The van der Waals surface area contributed by atoms with Crippen LogP contribution in [0.5, 0.6) is 0 Å². The second-order valence-corrected chi connectivity index (χ2v) is 6.92. The Kier molecular flexibility index (Phi) is 7.27. The Balaban J connectivity index is 1.90. The molecule has 0 saturated carbocycles. The van der Waals surface area contributed by atoms with Gasteiger partial charge in [-0.2, -0.15) is 0 Å². The van der Waals surface area contributed by atoms with E-state index in [0.29, 0.717) is 12.5 Å². The summed E-state index contributed by atoms with van der Waals surface area (Å²) in [4.78, 5) is 14.5. The molecule has 23 heavy (non-hydrogen) atoms. The van der Waals surface area contributed by atoms with E-state index in [0.717, 1.165) is 48.5 Å². The maximum atomic E-state index is 12.2. The van der Waals surface area contributed by atoms with Crippen molar-refractivity contribution in [3.05, 3.63) is 40.4 Å². The van der Waals surface area contributed by atoms with Crippen LogP contribution in [-0.4, -0.2) is 50.2 Å². The van der Waals surface area contributed by atoms with Gasteiger partial charge >= 0.3 is 0 Å². The van der Waals surface area contributed by atoms with Gasteiger partial charge in [-0.3, -0.25) is 9.69 Å². The smallest absolute Gasteiger partial charge is 0.244 e. The van der Waals surface area contributed by atoms with Gasteiger partial charge in [0.2, 0.25) is 5.91 Å². The van der Waals surface area contributed by atoms with E-state index in [9.17, 15) is 4.79 Å². The zero-order chi connectivity index (χ0) is 16.7. The Morgan fingerprint density at radius 1 is 1.30 bits per heavy atom. The van der Waals surface area contributed by atoms with Crippen LogP contribution >= 0.6 is 15.9 Å². The molecule has 0 bridgehead atoms. The highest BCUT2D eigenvalue weighted by Crippen LogP contribution is 2.24. The standard InChI is InChI=1S/C18H25BrN2O2/c1-14(2)17(15-3-5-16(19)6-4-15)13-18(22)20-7-8-21-9-11-23-12-10-21/h3-6,13-14H,7-12H2,1-2H3,(H,20,22)/b17-13+. The minimum atomic E-state index is -0.0233. The van der Waals surface area contributed by atoms with Crippen LogP contribution in [0.15, 0.2) is 34.8 Å². The van der Waals surface area contributed by atoms with Gasteiger partial charge in [0.05, 0.1) is 13.2 Å². The lowest BCUT2D eigenvalue weighted by molar-refractivity contribution is -0.116. The second-order valence-electron chi connectivity index (χ2n) is 6.01. The number of rotatable bonds is 6. The minimum absolute atomic E-state index is 0.0233. The van der Waals surface area contributed by atoms with Crippen molar-refractivity contribution in [1.29, 1.82) is 0 Å². The molecule has 1 aliphatic rings. The number of allylic oxidation sites excluding steroid dienone is 1. The zero-order valence-corrected chi connectivity index (χ0v) is 15.4. The number of ether oxygens (including phenoxy) is 1. The van der Waals surface area contributed by atoms with E-state index in [1.54, 1.807) is 6.08 Å². The van der Waals surface area contributed by atoms with E-state index in [4.69, 9.17) is 4.74 Å². The molecule has 1 fully saturated rings. The number of carbonyl (C=O) groups excluding carboxylic acids is 1. The lowest BCUT2D eigenvalue weighted by Gasteiger charge is -2.26. The first kappa shape index (κ1) is 18.2. The van der Waals surface area contributed by atoms with Crippen molar-refractivity contribution in [2.75, 3.05) is 39.4 Å². The Bertz CT molecular complexity index is 534. The number of nitrogens with zero attached hydrogens (tertiary/aromatic N) is 1. The van der Waals surface area contributed by atoms with Crippen molar-refractivity contribution in [2.24, 2.45) is 5.92 Å². The van der Waals surface area contributed by atoms with Gasteiger partial charge in [-0.25, -0.2) is 0 Å². The molecule has 1 heterocycles. The molecular weight excluding hydrogens is 356 g/mol. The molecule has 1 N–H and O–H groups in total. The molecule has 1 amide bonds. The molecule has 5 heteroatoms. The maximum absolute atomic E-state index is 12.2. The van der Waals surface area contributed by atoms with Crippen LogP contribution in [0.4, 0.5) is 0 Å². The topological polar surface area (TPSA) is 41.6 Å². The lowest BCUT2D eigenvalue weighted by atomic mass is 9.95. The average molecular weight is 381 g/mol. The van der Waals surface area contributed by atoms with Crippen LogP contribution in [-0.2, 0) is 9.53 Å². The first-order chi connectivity index (χ1) is 11.1. The summed E-state index contributed by atoms with van der Waals surface area (Å²) in [6, 6.07) is 8.08. The Morgan fingerprint density at radius 3 is 2.57 bits per heavy atom. The Morgan fingerprint density at radius 2 is 1.96 bits per heavy atom. The third kappa shape index (κ3) is 6.09. The predicted octanol–water partition coefficient (Wildman–Crippen LogP) is 2.94. The summed E-state index contributed by atoms with van der Waals surface area (Å²) >= 11 is 3.44. The molecule has 0 spiro atoms. The summed E-state index contributed by atoms with van der Waals surface area (Å²) < 4.78 is 6.36. The molecule has 0 unspecified atom stereocenters. The van der Waals surface area contributed by atoms with Gasteiger partial charge in [-0.15, -0.1) is 0 Å². The summed E-state index contributed by atoms with van der Waals surface area (Å²) in [7, 11) is 0. The molecule has 1 aromatic carbocycles. The normalized spacial score (nSPS) is 16.6. The van der Waals surface area contributed by atoms with E-state index < -0.39 is 0 Å². The van der Waals surface area contributed by atoms with Crippen LogP contribution in [0.1, 0.15) is 19.4 Å². The fourth-order valence-corrected chi connectivity index (χ4v) is 2.84. The van der Waals surface area contributed by atoms with Gasteiger partial charge in [0.25, 0.3) is 0 Å². The summed E-state index contributed by atoms with van der Waals surface area (Å²) in [6.07, 6.45) is 1.73. The van der Waals surface area contributed by atoms with Crippen molar-refractivity contribution < 1.29 is 9.53 Å². The number of morpholine rings is 1. The fourth-order valence-electron chi connectivity index (χ4n) is 2.58. The van der Waals surface area contributed by atoms with Crippen LogP contribution in [0.3, 0.4) is 0 Å². The number of nitrogens with one attached hydrogen (secondary N) is 1. The molecule has 1 saturated heterocycles. The van der Waals surface area contributed by atoms with E-state index >= 15 is 0 Å². The number of carbonyl (C=O) groups is 1. The SMILES string of the molecule is CC(C)/C(=C\C(=O)NCCN1CCOCC1)c1ccc(Br)cc1. The summed E-state index contributed by atoms with van der Waals surface area (Å²) in [5, 5.41) is 2.99. The van der Waals surface area contributed by atoms with E-state index in [1.165, 1.54) is 0 Å². The molecule has 0 aliphatic carbocycles. The van der Waals surface area contributed by atoms with Crippen LogP contribution in [0.2, 0.25) is 0 Å². The number of hydrogen-bond acceptors (Lipinski definition) is 3. The van der Waals surface area contributed by atoms with Crippen molar-refractivity contribution in [3.63, 3.8) is 0 Å². The van der Waals surface area contributed by atoms with Gasteiger partial charge < -0.3 is 10.1 Å². The number of benzene rings is 1. The molecule has 4 nitrogen and oxygen atoms in total. The summed E-state index contributed by atoms with van der Waals surface area (Å²) in [5.74, 6) is 0.269. The second kappa shape index (κ2) is 9.21. The van der Waals surface area contributed by atoms with Gasteiger partial charge in [-0.05, 0) is 29.2 Å². The molecule has 1 aromatic rings. The van der Waals surface area contributed by atoms with Crippen molar-refractivity contribution >= 4 is 27.4 Å². The minimum Gasteiger partial charge on any atom is -0.379 e. The van der Waals surface area contributed by atoms with Crippen LogP contribution in [0.25, 0.3) is 5.57 Å². The van der Waals surface area contributed by atoms with Crippen molar-refractivity contribution in [1.82, 2.24) is 10.2 Å². The molecule has 1 aliphatic heterocycles. The molecule has 126 valence electrons. The summed E-state index contributed by atoms with van der Waals surface area (Å²) in [6.45, 7) is 9.22. The summed E-state index contributed by atoms with van der Waals surface area (Å²) in [5.41, 5.74) is 2.15. The predicted molar refractivity (Wildman–Crippen MR) is 97.2 cm³/mol. The van der Waals surface area contributed by atoms with Gasteiger partial charge in [0, 0.05) is 36.7 Å². The fraction of sp³-hybridized carbons (Fsp3) is 0.500. The molecule has 0 atom stereocenters. The van der Waals surface area contributed by atoms with Crippen LogP contribution in [0, 0.1) is 5.92 Å². The van der Waals surface area contributed by atoms with Crippen molar-refractivity contribution in [3.8, 4) is 0 Å². The average Bonchev–Trinajstić information content (AvgIpc) is 2.54. The molecule has 0 radical (unpaired) electrons. The highest BCUT2D eigenvalue weighted by atomic mass is 79.9. The third-order valence-corrected chi connectivity index (χ3v) is 4.45. The third-order valence-electron chi connectivity index (χ3n) is 3.92. The van der Waals surface area contributed by atoms with Crippen molar-refractivity contribution in [2.45, 2.75) is 13.8 Å². The van der Waals surface area contributed by atoms with Gasteiger partial charge in [-0.1, -0.05) is 41.9 Å². The lowest BCUT2D eigenvalue weighted by Crippen LogP contribution is -2.41. The quantitative estimate of drug-likeness (QED) is 0.771. The van der Waals surface area contributed by atoms with E-state index in [1.807, 2.05) is 24.3 Å².